The van der Waals surface area contributed by atoms with Crippen molar-refractivity contribution < 1.29 is 14.3 Å². The summed E-state index contributed by atoms with van der Waals surface area (Å²) in [5.41, 5.74) is 1.61. The molecule has 3 heterocycles. The lowest BCUT2D eigenvalue weighted by Crippen LogP contribution is -2.38. The Bertz CT molecular complexity index is 1130. The molecule has 0 aliphatic carbocycles. The maximum atomic E-state index is 13.4. The molecule has 1 aromatic carbocycles. The van der Waals surface area contributed by atoms with E-state index in [0.717, 1.165) is 0 Å². The van der Waals surface area contributed by atoms with E-state index in [1.807, 2.05) is 31.0 Å². The minimum Gasteiger partial charge on any atom is -0.477 e. The Morgan fingerprint density at radius 1 is 1.13 bits per heavy atom. The molecule has 0 unspecified atom stereocenters. The number of nitrogens with one attached hydrogen (secondary N) is 1. The summed E-state index contributed by atoms with van der Waals surface area (Å²) in [5, 5.41) is 10.5. The first kappa shape index (κ1) is 20.2. The third-order valence-electron chi connectivity index (χ3n) is 4.72. The maximum Gasteiger partial charge on any atom is 0.261 e. The number of anilines is 4. The zero-order valence-corrected chi connectivity index (χ0v) is 17.4. The van der Waals surface area contributed by atoms with E-state index in [4.69, 9.17) is 4.74 Å². The summed E-state index contributed by atoms with van der Waals surface area (Å²) in [6.07, 6.45) is 1.56. The van der Waals surface area contributed by atoms with Crippen LogP contribution < -0.4 is 19.9 Å². The molecule has 2 amide bonds. The van der Waals surface area contributed by atoms with Crippen molar-refractivity contribution in [2.75, 3.05) is 35.3 Å². The Hall–Kier alpha value is -4.08. The van der Waals surface area contributed by atoms with Gasteiger partial charge in [-0.2, -0.15) is 0 Å². The number of carbonyl (C=O) groups excluding carboxylic acids is 2. The summed E-state index contributed by atoms with van der Waals surface area (Å²) in [6, 6.07) is 10.4. The van der Waals surface area contributed by atoms with E-state index in [1.165, 1.54) is 4.90 Å². The number of para-hydroxylation sites is 1. The van der Waals surface area contributed by atoms with Gasteiger partial charge in [-0.1, -0.05) is 12.1 Å². The van der Waals surface area contributed by atoms with Crippen LogP contribution in [0.5, 0.6) is 5.88 Å². The van der Waals surface area contributed by atoms with Crippen LogP contribution in [0.15, 0.2) is 42.6 Å². The van der Waals surface area contributed by atoms with Gasteiger partial charge < -0.3 is 15.0 Å². The molecule has 0 spiro atoms. The Balaban J connectivity index is 1.64. The van der Waals surface area contributed by atoms with Crippen LogP contribution in [-0.2, 0) is 4.79 Å². The number of ether oxygens (including phenoxy) is 1. The highest BCUT2D eigenvalue weighted by molar-refractivity contribution is 6.15. The molecule has 1 aliphatic rings. The number of aromatic nitrogens is 4. The van der Waals surface area contributed by atoms with Gasteiger partial charge in [0, 0.05) is 13.1 Å². The van der Waals surface area contributed by atoms with Crippen molar-refractivity contribution in [3.63, 3.8) is 0 Å². The fourth-order valence-electron chi connectivity index (χ4n) is 3.30. The second-order valence-corrected chi connectivity index (χ2v) is 6.83. The van der Waals surface area contributed by atoms with Gasteiger partial charge in [0.2, 0.25) is 11.8 Å². The van der Waals surface area contributed by atoms with Crippen LogP contribution in [0, 0.1) is 6.92 Å². The monoisotopic (exact) mass is 419 g/mol. The van der Waals surface area contributed by atoms with Crippen LogP contribution in [0.3, 0.4) is 0 Å². The highest BCUT2D eigenvalue weighted by Crippen LogP contribution is 2.37. The zero-order valence-electron chi connectivity index (χ0n) is 17.4. The second kappa shape index (κ2) is 8.34. The smallest absolute Gasteiger partial charge is 0.261 e. The van der Waals surface area contributed by atoms with Gasteiger partial charge >= 0.3 is 0 Å². The predicted octanol–water partition coefficient (Wildman–Crippen LogP) is 2.34. The quantitative estimate of drug-likeness (QED) is 0.670. The number of fused-ring (bicyclic) bond motifs is 2. The number of benzene rings is 1. The molecule has 31 heavy (non-hydrogen) atoms. The molecule has 3 aromatic rings. The lowest BCUT2D eigenvalue weighted by atomic mass is 10.1. The molecular formula is C21H21N7O3. The standard InChI is InChI=1S/C21H21N7O3/c1-4-31-19-10-9-17(25-26-19)24-18(29)12-28-16-11-22-13(2)23-20(16)27(3)15-8-6-5-7-14(15)21(28)30/h5-11H,4,12H2,1-3H3,(H,24,25,29). The average Bonchev–Trinajstić information content (AvgIpc) is 2.85. The van der Waals surface area contributed by atoms with Crippen molar-refractivity contribution >= 4 is 34.8 Å². The number of hydrogen-bond donors (Lipinski definition) is 1. The Kier molecular flexibility index (Phi) is 5.44. The first-order chi connectivity index (χ1) is 15.0. The Morgan fingerprint density at radius 2 is 1.94 bits per heavy atom. The fraction of sp³-hybridized carbons (Fsp3) is 0.238. The molecule has 0 saturated carbocycles. The number of rotatable bonds is 5. The highest BCUT2D eigenvalue weighted by atomic mass is 16.5. The molecule has 0 atom stereocenters. The SMILES string of the molecule is CCOc1ccc(NC(=O)CN2C(=O)c3ccccc3N(C)c3nc(C)ncc32)nn1. The van der Waals surface area contributed by atoms with E-state index in [9.17, 15) is 9.59 Å². The Morgan fingerprint density at radius 3 is 2.68 bits per heavy atom. The third kappa shape index (κ3) is 4.00. The molecule has 2 aromatic heterocycles. The summed E-state index contributed by atoms with van der Waals surface area (Å²) < 4.78 is 5.25. The van der Waals surface area contributed by atoms with Crippen molar-refractivity contribution in [2.45, 2.75) is 13.8 Å². The third-order valence-corrected chi connectivity index (χ3v) is 4.72. The lowest BCUT2D eigenvalue weighted by Gasteiger charge is -2.23. The van der Waals surface area contributed by atoms with Crippen LogP contribution >= 0.6 is 0 Å². The van der Waals surface area contributed by atoms with Crippen LogP contribution in [0.1, 0.15) is 23.1 Å². The molecule has 0 saturated heterocycles. The van der Waals surface area contributed by atoms with Gasteiger partial charge in [-0.15, -0.1) is 10.2 Å². The molecule has 10 heteroatoms. The first-order valence-electron chi connectivity index (χ1n) is 9.72. The zero-order chi connectivity index (χ0) is 22.0. The summed E-state index contributed by atoms with van der Waals surface area (Å²) >= 11 is 0. The van der Waals surface area contributed by atoms with Crippen LogP contribution in [-0.4, -0.2) is 52.2 Å². The summed E-state index contributed by atoms with van der Waals surface area (Å²) in [6.45, 7) is 3.84. The lowest BCUT2D eigenvalue weighted by molar-refractivity contribution is -0.114. The van der Waals surface area contributed by atoms with Gasteiger partial charge in [-0.05, 0) is 32.0 Å². The van der Waals surface area contributed by atoms with Gasteiger partial charge in [-0.3, -0.25) is 14.5 Å². The van der Waals surface area contributed by atoms with Gasteiger partial charge in [0.05, 0.1) is 24.1 Å². The average molecular weight is 419 g/mol. The van der Waals surface area contributed by atoms with Crippen molar-refractivity contribution in [1.82, 2.24) is 20.2 Å². The molecule has 1 N–H and O–H groups in total. The van der Waals surface area contributed by atoms with Gasteiger partial charge in [-0.25, -0.2) is 9.97 Å². The topological polar surface area (TPSA) is 113 Å². The van der Waals surface area contributed by atoms with E-state index in [2.05, 4.69) is 25.5 Å². The summed E-state index contributed by atoms with van der Waals surface area (Å²) in [4.78, 5) is 38.1. The Labute approximate surface area is 178 Å². The normalized spacial score (nSPS) is 12.7. The minimum absolute atomic E-state index is 0.241. The minimum atomic E-state index is -0.430. The summed E-state index contributed by atoms with van der Waals surface area (Å²) in [5.74, 6) is 0.978. The second-order valence-electron chi connectivity index (χ2n) is 6.83. The maximum absolute atomic E-state index is 13.4. The number of hydrogen-bond acceptors (Lipinski definition) is 8. The van der Waals surface area contributed by atoms with Gasteiger partial charge in [0.15, 0.2) is 11.6 Å². The molecule has 1 aliphatic heterocycles. The van der Waals surface area contributed by atoms with Crippen molar-refractivity contribution in [2.24, 2.45) is 0 Å². The van der Waals surface area contributed by atoms with Crippen LogP contribution in [0.25, 0.3) is 0 Å². The first-order valence-corrected chi connectivity index (χ1v) is 9.72. The molecule has 4 rings (SSSR count). The molecule has 0 bridgehead atoms. The number of nitrogens with zero attached hydrogens (tertiary/aromatic N) is 6. The van der Waals surface area contributed by atoms with E-state index >= 15 is 0 Å². The van der Waals surface area contributed by atoms with E-state index in [1.54, 1.807) is 37.4 Å². The van der Waals surface area contributed by atoms with Crippen LogP contribution in [0.4, 0.5) is 23.0 Å². The number of carbonyl (C=O) groups is 2. The largest absolute Gasteiger partial charge is 0.477 e. The van der Waals surface area contributed by atoms with Gasteiger partial charge in [0.1, 0.15) is 18.1 Å². The fourth-order valence-corrected chi connectivity index (χ4v) is 3.30. The molecule has 158 valence electrons. The van der Waals surface area contributed by atoms with Crippen molar-refractivity contribution in [1.29, 1.82) is 0 Å². The predicted molar refractivity (Wildman–Crippen MR) is 115 cm³/mol. The van der Waals surface area contributed by atoms with E-state index in [-0.39, 0.29) is 18.3 Å². The molecule has 0 radical (unpaired) electrons. The summed E-state index contributed by atoms with van der Waals surface area (Å²) in [7, 11) is 1.83. The molecule has 0 fully saturated rings. The number of aryl methyl sites for hydroxylation is 1. The van der Waals surface area contributed by atoms with Crippen molar-refractivity contribution in [3.05, 3.63) is 54.0 Å². The van der Waals surface area contributed by atoms with Gasteiger partial charge in [0.25, 0.3) is 5.91 Å². The van der Waals surface area contributed by atoms with E-state index in [0.29, 0.717) is 41.1 Å². The van der Waals surface area contributed by atoms with Crippen LogP contribution in [0.2, 0.25) is 0 Å². The number of amides is 2. The molecule has 10 nitrogen and oxygen atoms in total. The molecular weight excluding hydrogens is 398 g/mol. The van der Waals surface area contributed by atoms with Crippen molar-refractivity contribution in [3.8, 4) is 5.88 Å². The highest BCUT2D eigenvalue weighted by Gasteiger charge is 2.32. The van der Waals surface area contributed by atoms with E-state index < -0.39 is 5.91 Å².